The van der Waals surface area contributed by atoms with E-state index in [-0.39, 0.29) is 24.6 Å². The number of unbranched alkanes of at least 4 members (excludes halogenated alkanes) is 8. The number of ether oxygens (including phenoxy) is 2. The standard InChI is InChI=1S/C28H55NO4/c1-6-8-12-18-26(19-13-9-7-2)20-14-10-15-21-27(30)32-24-25(3)33-28(31)22-16-11-17-23-29(4)5/h25-26H,6-24H2,1-5H3. The Labute approximate surface area is 205 Å². The lowest BCUT2D eigenvalue weighted by atomic mass is 9.90. The van der Waals surface area contributed by atoms with Crippen molar-refractivity contribution in [2.24, 2.45) is 5.92 Å². The SMILES string of the molecule is CCCCCC(CCCCC)CCCCCC(=O)OCC(C)OC(=O)CCCCCN(C)C. The molecule has 0 saturated carbocycles. The summed E-state index contributed by atoms with van der Waals surface area (Å²) in [5.41, 5.74) is 0. The molecule has 0 N–H and O–H groups in total. The van der Waals surface area contributed by atoms with Gasteiger partial charge in [0, 0.05) is 12.8 Å². The van der Waals surface area contributed by atoms with Crippen LogP contribution in [0.25, 0.3) is 0 Å². The van der Waals surface area contributed by atoms with E-state index in [1.807, 2.05) is 0 Å². The van der Waals surface area contributed by atoms with Gasteiger partial charge in [0.05, 0.1) is 0 Å². The van der Waals surface area contributed by atoms with Crippen LogP contribution in [0.2, 0.25) is 0 Å². The number of carbonyl (C=O) groups is 2. The summed E-state index contributed by atoms with van der Waals surface area (Å²) in [5, 5.41) is 0. The van der Waals surface area contributed by atoms with E-state index in [9.17, 15) is 9.59 Å². The van der Waals surface area contributed by atoms with Gasteiger partial charge in [-0.05, 0) is 52.7 Å². The van der Waals surface area contributed by atoms with E-state index < -0.39 is 0 Å². The van der Waals surface area contributed by atoms with Crippen LogP contribution in [-0.4, -0.2) is 50.2 Å². The van der Waals surface area contributed by atoms with Crippen LogP contribution >= 0.6 is 0 Å². The van der Waals surface area contributed by atoms with E-state index in [2.05, 4.69) is 32.8 Å². The van der Waals surface area contributed by atoms with E-state index in [4.69, 9.17) is 9.47 Å². The lowest BCUT2D eigenvalue weighted by molar-refractivity contribution is -0.158. The molecule has 5 heteroatoms. The van der Waals surface area contributed by atoms with Crippen molar-refractivity contribution in [2.75, 3.05) is 27.2 Å². The second-order valence-electron chi connectivity index (χ2n) is 10.1. The summed E-state index contributed by atoms with van der Waals surface area (Å²) in [7, 11) is 4.11. The van der Waals surface area contributed by atoms with Crippen LogP contribution in [0.1, 0.15) is 130 Å². The van der Waals surface area contributed by atoms with Gasteiger partial charge in [-0.15, -0.1) is 0 Å². The number of esters is 2. The lowest BCUT2D eigenvalue weighted by Crippen LogP contribution is -2.22. The predicted octanol–water partition coefficient (Wildman–Crippen LogP) is 7.31. The van der Waals surface area contributed by atoms with Crippen molar-refractivity contribution in [2.45, 2.75) is 136 Å². The summed E-state index contributed by atoms with van der Waals surface area (Å²) in [6, 6.07) is 0. The summed E-state index contributed by atoms with van der Waals surface area (Å²) in [6.07, 6.45) is 18.7. The number of hydrogen-bond donors (Lipinski definition) is 0. The Morgan fingerprint density at radius 2 is 1.21 bits per heavy atom. The molecule has 0 aromatic heterocycles. The fourth-order valence-corrected chi connectivity index (χ4v) is 4.15. The van der Waals surface area contributed by atoms with E-state index in [1.165, 1.54) is 64.2 Å². The Morgan fingerprint density at radius 1 is 0.697 bits per heavy atom. The van der Waals surface area contributed by atoms with Gasteiger partial charge in [-0.1, -0.05) is 90.9 Å². The molecule has 0 aliphatic heterocycles. The van der Waals surface area contributed by atoms with E-state index in [1.54, 1.807) is 6.92 Å². The third-order valence-corrected chi connectivity index (χ3v) is 6.22. The average Bonchev–Trinajstić information content (AvgIpc) is 2.76. The Hall–Kier alpha value is -1.10. The molecule has 1 atom stereocenters. The molecule has 0 aromatic carbocycles. The second-order valence-corrected chi connectivity index (χ2v) is 10.1. The van der Waals surface area contributed by atoms with E-state index >= 15 is 0 Å². The normalized spacial score (nSPS) is 12.3. The van der Waals surface area contributed by atoms with Crippen molar-refractivity contribution in [1.82, 2.24) is 4.90 Å². The Kier molecular flexibility index (Phi) is 21.9. The molecule has 1 unspecified atom stereocenters. The minimum absolute atomic E-state index is 0.155. The van der Waals surface area contributed by atoms with Gasteiger partial charge in [-0.2, -0.15) is 0 Å². The van der Waals surface area contributed by atoms with E-state index in [0.29, 0.717) is 12.8 Å². The molecule has 196 valence electrons. The highest BCUT2D eigenvalue weighted by Gasteiger charge is 2.13. The summed E-state index contributed by atoms with van der Waals surface area (Å²) >= 11 is 0. The second kappa shape index (κ2) is 22.7. The van der Waals surface area contributed by atoms with Crippen LogP contribution in [0, 0.1) is 5.92 Å². The maximum absolute atomic E-state index is 12.0. The van der Waals surface area contributed by atoms with Crippen molar-refractivity contribution in [3.05, 3.63) is 0 Å². The zero-order valence-corrected chi connectivity index (χ0v) is 22.7. The first kappa shape index (κ1) is 31.9. The van der Waals surface area contributed by atoms with Gasteiger partial charge in [0.2, 0.25) is 0 Å². The first-order valence-corrected chi connectivity index (χ1v) is 13.9. The van der Waals surface area contributed by atoms with Crippen LogP contribution in [0.4, 0.5) is 0 Å². The molecule has 0 aliphatic carbocycles. The van der Waals surface area contributed by atoms with Gasteiger partial charge in [0.1, 0.15) is 12.7 Å². The number of nitrogens with zero attached hydrogens (tertiary/aromatic N) is 1. The molecular formula is C28H55NO4. The molecule has 0 radical (unpaired) electrons. The molecule has 0 rings (SSSR count). The van der Waals surface area contributed by atoms with Crippen molar-refractivity contribution in [3.63, 3.8) is 0 Å². The van der Waals surface area contributed by atoms with Crippen LogP contribution in [0.15, 0.2) is 0 Å². The lowest BCUT2D eigenvalue weighted by Gasteiger charge is -2.16. The molecule has 0 aliphatic rings. The largest absolute Gasteiger partial charge is 0.462 e. The average molecular weight is 470 g/mol. The van der Waals surface area contributed by atoms with Crippen molar-refractivity contribution < 1.29 is 19.1 Å². The highest BCUT2D eigenvalue weighted by molar-refractivity contribution is 5.70. The summed E-state index contributed by atoms with van der Waals surface area (Å²) < 4.78 is 10.7. The third kappa shape index (κ3) is 22.5. The molecule has 0 fully saturated rings. The van der Waals surface area contributed by atoms with Gasteiger partial charge in [0.15, 0.2) is 0 Å². The van der Waals surface area contributed by atoms with Crippen molar-refractivity contribution in [3.8, 4) is 0 Å². The fraction of sp³-hybridized carbons (Fsp3) is 0.929. The molecule has 0 saturated heterocycles. The van der Waals surface area contributed by atoms with Crippen LogP contribution in [-0.2, 0) is 19.1 Å². The zero-order valence-electron chi connectivity index (χ0n) is 22.7. The summed E-state index contributed by atoms with van der Waals surface area (Å²) in [4.78, 5) is 26.0. The van der Waals surface area contributed by atoms with Gasteiger partial charge in [-0.25, -0.2) is 0 Å². The fourth-order valence-electron chi connectivity index (χ4n) is 4.15. The van der Waals surface area contributed by atoms with Crippen LogP contribution in [0.5, 0.6) is 0 Å². The Morgan fingerprint density at radius 3 is 1.76 bits per heavy atom. The molecular weight excluding hydrogens is 414 g/mol. The minimum Gasteiger partial charge on any atom is -0.462 e. The molecule has 0 amide bonds. The zero-order chi connectivity index (χ0) is 24.7. The van der Waals surface area contributed by atoms with Gasteiger partial charge >= 0.3 is 11.9 Å². The number of rotatable bonds is 23. The maximum atomic E-state index is 12.0. The molecule has 0 heterocycles. The summed E-state index contributed by atoms with van der Waals surface area (Å²) in [5.74, 6) is 0.485. The van der Waals surface area contributed by atoms with Crippen LogP contribution in [0.3, 0.4) is 0 Å². The van der Waals surface area contributed by atoms with Crippen molar-refractivity contribution >= 4 is 11.9 Å². The Balaban J connectivity index is 3.81. The Bertz CT molecular complexity index is 457. The van der Waals surface area contributed by atoms with E-state index in [0.717, 1.165) is 44.6 Å². The summed E-state index contributed by atoms with van der Waals surface area (Å²) in [6.45, 7) is 7.52. The predicted molar refractivity (Wildman–Crippen MR) is 138 cm³/mol. The van der Waals surface area contributed by atoms with Gasteiger partial charge in [-0.3, -0.25) is 9.59 Å². The van der Waals surface area contributed by atoms with Gasteiger partial charge < -0.3 is 14.4 Å². The van der Waals surface area contributed by atoms with Crippen molar-refractivity contribution in [1.29, 1.82) is 0 Å². The molecule has 0 bridgehead atoms. The highest BCUT2D eigenvalue weighted by Crippen LogP contribution is 2.23. The highest BCUT2D eigenvalue weighted by atomic mass is 16.6. The first-order chi connectivity index (χ1) is 15.9. The minimum atomic E-state index is -0.379. The molecule has 33 heavy (non-hydrogen) atoms. The monoisotopic (exact) mass is 469 g/mol. The molecule has 0 aromatic rings. The molecule has 0 spiro atoms. The number of carbonyl (C=O) groups excluding carboxylic acids is 2. The van der Waals surface area contributed by atoms with Gasteiger partial charge in [0.25, 0.3) is 0 Å². The molecule has 5 nitrogen and oxygen atoms in total. The topological polar surface area (TPSA) is 55.8 Å². The maximum Gasteiger partial charge on any atom is 0.306 e. The smallest absolute Gasteiger partial charge is 0.306 e. The first-order valence-electron chi connectivity index (χ1n) is 13.9. The number of hydrogen-bond acceptors (Lipinski definition) is 5. The quantitative estimate of drug-likeness (QED) is 0.116. The van der Waals surface area contributed by atoms with Crippen LogP contribution < -0.4 is 0 Å². The third-order valence-electron chi connectivity index (χ3n) is 6.22.